The minimum Gasteiger partial charge on any atom is -0.327 e. The van der Waals surface area contributed by atoms with Gasteiger partial charge in [-0.3, -0.25) is 0 Å². The molecule has 1 aromatic carbocycles. The van der Waals surface area contributed by atoms with Crippen molar-refractivity contribution in [1.82, 2.24) is 0 Å². The van der Waals surface area contributed by atoms with Gasteiger partial charge < -0.3 is 5.73 Å². The number of hydrogen-bond donors (Lipinski definition) is 1. The lowest BCUT2D eigenvalue weighted by Crippen LogP contribution is -2.01. The number of benzene rings is 1. The molecule has 1 rings (SSSR count). The zero-order valence-electron chi connectivity index (χ0n) is 8.06. The molecule has 0 unspecified atom stereocenters. The van der Waals surface area contributed by atoms with E-state index in [-0.39, 0.29) is 5.82 Å². The molecule has 0 radical (unpaired) electrons. The lowest BCUT2D eigenvalue weighted by molar-refractivity contribution is 0.621. The molecule has 0 heterocycles. The van der Waals surface area contributed by atoms with Crippen LogP contribution in [0.25, 0.3) is 6.08 Å². The lowest BCUT2D eigenvalue weighted by atomic mass is 10.1. The van der Waals surface area contributed by atoms with Gasteiger partial charge in [-0.1, -0.05) is 24.6 Å². The summed E-state index contributed by atoms with van der Waals surface area (Å²) in [6.45, 7) is 2.60. The largest absolute Gasteiger partial charge is 0.327 e. The molecule has 0 fully saturated rings. The van der Waals surface area contributed by atoms with Crippen molar-refractivity contribution in [1.29, 1.82) is 0 Å². The van der Waals surface area contributed by atoms with E-state index in [9.17, 15) is 4.39 Å². The summed E-state index contributed by atoms with van der Waals surface area (Å²) in [4.78, 5) is 0. The first-order chi connectivity index (χ1) is 6.67. The van der Waals surface area contributed by atoms with Crippen molar-refractivity contribution in [3.8, 4) is 0 Å². The Hall–Kier alpha value is -0.670. The van der Waals surface area contributed by atoms with Crippen LogP contribution in [-0.4, -0.2) is 6.54 Å². The van der Waals surface area contributed by atoms with Gasteiger partial charge in [-0.25, -0.2) is 4.39 Å². The van der Waals surface area contributed by atoms with Gasteiger partial charge in [0.15, 0.2) is 0 Å². The molecule has 0 saturated heterocycles. The predicted molar refractivity (Wildman–Crippen MR) is 61.4 cm³/mol. The van der Waals surface area contributed by atoms with E-state index in [1.54, 1.807) is 12.1 Å². The predicted octanol–water partition coefficient (Wildman–Crippen LogP) is 3.34. The molecule has 3 heteroatoms. The highest BCUT2D eigenvalue weighted by atomic mass is 79.9. The Balaban J connectivity index is 2.97. The van der Waals surface area contributed by atoms with Crippen molar-refractivity contribution in [2.24, 2.45) is 5.73 Å². The molecule has 0 aliphatic heterocycles. The summed E-state index contributed by atoms with van der Waals surface area (Å²) in [6.07, 6.45) is 2.91. The van der Waals surface area contributed by atoms with Gasteiger partial charge in [-0.15, -0.1) is 0 Å². The van der Waals surface area contributed by atoms with E-state index in [0.29, 0.717) is 11.0 Å². The maximum atomic E-state index is 12.9. The van der Waals surface area contributed by atoms with Gasteiger partial charge in [-0.2, -0.15) is 0 Å². The first-order valence-electron chi connectivity index (χ1n) is 4.52. The summed E-state index contributed by atoms with van der Waals surface area (Å²) >= 11 is 3.14. The van der Waals surface area contributed by atoms with E-state index in [2.05, 4.69) is 22.9 Å². The summed E-state index contributed by atoms with van der Waals surface area (Å²) in [7, 11) is 0. The molecule has 0 atom stereocenters. The first-order valence-corrected chi connectivity index (χ1v) is 5.31. The van der Waals surface area contributed by atoms with Crippen LogP contribution >= 0.6 is 15.9 Å². The van der Waals surface area contributed by atoms with Gasteiger partial charge >= 0.3 is 0 Å². The van der Waals surface area contributed by atoms with Crippen molar-refractivity contribution in [2.75, 3.05) is 6.54 Å². The van der Waals surface area contributed by atoms with Gasteiger partial charge in [0, 0.05) is 6.54 Å². The van der Waals surface area contributed by atoms with Crippen LogP contribution in [0.4, 0.5) is 4.39 Å². The van der Waals surface area contributed by atoms with Crippen molar-refractivity contribution < 1.29 is 4.39 Å². The Morgan fingerprint density at radius 1 is 1.57 bits per heavy atom. The van der Waals surface area contributed by atoms with Gasteiger partial charge in [0.1, 0.15) is 5.82 Å². The van der Waals surface area contributed by atoms with E-state index >= 15 is 0 Å². The molecule has 0 spiro atoms. The molecule has 1 nitrogen and oxygen atoms in total. The van der Waals surface area contributed by atoms with E-state index in [0.717, 1.165) is 17.6 Å². The topological polar surface area (TPSA) is 26.0 Å². The summed E-state index contributed by atoms with van der Waals surface area (Å²) in [5.41, 5.74) is 7.67. The van der Waals surface area contributed by atoms with Crippen LogP contribution in [0.3, 0.4) is 0 Å². The molecule has 0 saturated carbocycles. The van der Waals surface area contributed by atoms with E-state index in [4.69, 9.17) is 5.73 Å². The fourth-order valence-corrected chi connectivity index (χ4v) is 1.54. The zero-order valence-corrected chi connectivity index (χ0v) is 9.64. The number of halogens is 2. The fraction of sp³-hybridized carbons (Fsp3) is 0.273. The van der Waals surface area contributed by atoms with Crippen molar-refractivity contribution >= 4 is 22.0 Å². The molecule has 1 aromatic rings. The van der Waals surface area contributed by atoms with Crippen LogP contribution in [0.15, 0.2) is 28.2 Å². The lowest BCUT2D eigenvalue weighted by Gasteiger charge is -2.01. The van der Waals surface area contributed by atoms with Crippen LogP contribution < -0.4 is 5.73 Å². The Kier molecular flexibility index (Phi) is 4.29. The van der Waals surface area contributed by atoms with Crippen LogP contribution in [-0.2, 0) is 0 Å². The van der Waals surface area contributed by atoms with Crippen molar-refractivity contribution in [3.05, 3.63) is 39.6 Å². The average molecular weight is 258 g/mol. The zero-order chi connectivity index (χ0) is 10.6. The average Bonchev–Trinajstić information content (AvgIpc) is 2.19. The van der Waals surface area contributed by atoms with Crippen molar-refractivity contribution in [3.63, 3.8) is 0 Å². The van der Waals surface area contributed by atoms with Crippen LogP contribution in [0.1, 0.15) is 18.9 Å². The van der Waals surface area contributed by atoms with Gasteiger partial charge in [-0.05, 0) is 40.0 Å². The van der Waals surface area contributed by atoms with E-state index < -0.39 is 0 Å². The highest BCUT2D eigenvalue weighted by molar-refractivity contribution is 9.10. The molecule has 0 aromatic heterocycles. The number of hydrogen-bond acceptors (Lipinski definition) is 1. The smallest absolute Gasteiger partial charge is 0.137 e. The normalized spacial score (nSPS) is 11.9. The van der Waals surface area contributed by atoms with Crippen molar-refractivity contribution in [2.45, 2.75) is 13.3 Å². The quantitative estimate of drug-likeness (QED) is 0.884. The van der Waals surface area contributed by atoms with Crippen LogP contribution in [0.2, 0.25) is 0 Å². The Labute approximate surface area is 91.9 Å². The molecular formula is C11H13BrFN. The molecule has 0 bridgehead atoms. The molecule has 14 heavy (non-hydrogen) atoms. The Bertz CT molecular complexity index is 341. The second-order valence-electron chi connectivity index (χ2n) is 3.03. The number of nitrogens with two attached hydrogens (primary N) is 1. The monoisotopic (exact) mass is 257 g/mol. The molecule has 0 aliphatic carbocycles. The highest BCUT2D eigenvalue weighted by Gasteiger charge is 1.99. The maximum absolute atomic E-state index is 12.9. The second-order valence-corrected chi connectivity index (χ2v) is 3.89. The maximum Gasteiger partial charge on any atom is 0.137 e. The minimum absolute atomic E-state index is 0.243. The summed E-state index contributed by atoms with van der Waals surface area (Å²) in [6, 6.07) is 4.94. The molecule has 2 N–H and O–H groups in total. The third-order valence-corrected chi connectivity index (χ3v) is 2.64. The third-order valence-electron chi connectivity index (χ3n) is 2.03. The SMILES string of the molecule is CC/C(=C/c1ccc(F)c(Br)c1)CN. The van der Waals surface area contributed by atoms with Crippen LogP contribution in [0.5, 0.6) is 0 Å². The molecule has 0 amide bonds. The highest BCUT2D eigenvalue weighted by Crippen LogP contribution is 2.18. The van der Waals surface area contributed by atoms with Gasteiger partial charge in [0.25, 0.3) is 0 Å². The van der Waals surface area contributed by atoms with Crippen LogP contribution in [0, 0.1) is 5.82 Å². The van der Waals surface area contributed by atoms with Gasteiger partial charge in [0.05, 0.1) is 4.47 Å². The molecular weight excluding hydrogens is 245 g/mol. The summed E-state index contributed by atoms with van der Waals surface area (Å²) in [5, 5.41) is 0. The summed E-state index contributed by atoms with van der Waals surface area (Å²) < 4.78 is 13.4. The molecule has 76 valence electrons. The molecule has 0 aliphatic rings. The Morgan fingerprint density at radius 3 is 2.79 bits per heavy atom. The summed E-state index contributed by atoms with van der Waals surface area (Å²) in [5.74, 6) is -0.243. The standard InChI is InChI=1S/C11H13BrFN/c1-2-8(7-14)5-9-3-4-11(13)10(12)6-9/h3-6H,2,7,14H2,1H3/b8-5-. The third kappa shape index (κ3) is 2.93. The second kappa shape index (κ2) is 5.27. The minimum atomic E-state index is -0.243. The first kappa shape index (κ1) is 11.4. The fourth-order valence-electron chi connectivity index (χ4n) is 1.14. The van der Waals surface area contributed by atoms with Gasteiger partial charge in [0.2, 0.25) is 0 Å². The van der Waals surface area contributed by atoms with E-state index in [1.807, 2.05) is 6.08 Å². The Morgan fingerprint density at radius 2 is 2.29 bits per heavy atom. The number of rotatable bonds is 3. The van der Waals surface area contributed by atoms with E-state index in [1.165, 1.54) is 6.07 Å².